The number of rotatable bonds is 1. The molecule has 1 radical (unpaired) electrons. The molecular weight excluding hydrogens is 233 g/mol. The Morgan fingerprint density at radius 3 is 0.818 bits per heavy atom. The van der Waals surface area contributed by atoms with E-state index >= 15 is 0 Å². The van der Waals surface area contributed by atoms with Gasteiger partial charge in [-0.05, 0) is 0 Å². The van der Waals surface area contributed by atoms with Crippen LogP contribution in [-0.4, -0.2) is 20.4 Å². The van der Waals surface area contributed by atoms with Crippen molar-refractivity contribution in [2.75, 3.05) is 0 Å². The van der Waals surface area contributed by atoms with E-state index in [4.69, 9.17) is 14.4 Å². The van der Waals surface area contributed by atoms with Gasteiger partial charge in [0, 0.05) is 0 Å². The molecule has 0 rings (SSSR count). The fraction of sp³-hybridized carbons (Fsp3) is 0. The van der Waals surface area contributed by atoms with Crippen LogP contribution >= 0.6 is 0 Å². The first kappa shape index (κ1) is 32.1. The van der Waals surface area contributed by atoms with Crippen LogP contribution in [0, 0.1) is 0 Å². The summed E-state index contributed by atoms with van der Waals surface area (Å²) < 4.78 is 0. The monoisotopic (exact) mass is 243 g/mol. The molecule has 0 saturated heterocycles. The first-order valence-electron chi connectivity index (χ1n) is 1.86. The Kier molecular flexibility index (Phi) is 1410. The average Bonchev–Trinajstić information content (AvgIpc) is 2.14. The molecule has 0 heterocycles. The van der Waals surface area contributed by atoms with Gasteiger partial charge in [0.2, 0.25) is 0 Å². The largest absolute Gasteiger partial charge is 3.00 e. The van der Waals surface area contributed by atoms with Crippen molar-refractivity contribution in [3.63, 3.8) is 0 Å². The van der Waals surface area contributed by atoms with Crippen molar-refractivity contribution in [2.45, 2.75) is 0 Å². The van der Waals surface area contributed by atoms with Crippen molar-refractivity contribution < 1.29 is 33.9 Å². The first-order valence-corrected chi connectivity index (χ1v) is 1.86. The van der Waals surface area contributed by atoms with Gasteiger partial charge < -0.3 is 14.4 Å². The van der Waals surface area contributed by atoms with E-state index in [1.54, 1.807) is 12.2 Å². The molecule has 0 aliphatic rings. The van der Waals surface area contributed by atoms with Crippen molar-refractivity contribution in [2.24, 2.45) is 0 Å². The molecule has 3 nitrogen and oxygen atoms in total. The minimum absolute atomic E-state index is 0. The van der Waals surface area contributed by atoms with Crippen LogP contribution in [0.5, 0.6) is 0 Å². The molecule has 0 saturated carbocycles. The van der Waals surface area contributed by atoms with E-state index in [9.17, 15) is 0 Å². The Morgan fingerprint density at radius 2 is 0.818 bits per heavy atom. The van der Waals surface area contributed by atoms with Crippen LogP contribution in [-0.2, 0) is 33.9 Å². The van der Waals surface area contributed by atoms with E-state index in [2.05, 4.69) is 33.5 Å². The summed E-state index contributed by atoms with van der Waals surface area (Å²) in [6.45, 7) is 16.5. The molecule has 0 aliphatic carbocycles. The fourth-order valence-electron chi connectivity index (χ4n) is 0. The molecule has 0 aromatic heterocycles. The zero-order valence-corrected chi connectivity index (χ0v) is 7.62. The molecule has 0 N–H and O–H groups in total. The Balaban J connectivity index is -0.0000000152. The average molecular weight is 242 g/mol. The zero-order chi connectivity index (χ0) is 9.41. The van der Waals surface area contributed by atoms with Crippen molar-refractivity contribution in [3.8, 4) is 0 Å². The van der Waals surface area contributed by atoms with Gasteiger partial charge in [0.05, 0.1) is 0 Å². The Morgan fingerprint density at radius 1 is 0.727 bits per heavy atom. The van der Waals surface area contributed by atoms with Crippen molar-refractivity contribution in [1.29, 1.82) is 0 Å². The molecule has 0 amide bonds. The molecule has 0 spiro atoms. The molecular formula is C7H9O3Ru. The van der Waals surface area contributed by atoms with Gasteiger partial charge in [0.1, 0.15) is 0 Å². The summed E-state index contributed by atoms with van der Waals surface area (Å²) in [5.74, 6) is 0. The van der Waals surface area contributed by atoms with Gasteiger partial charge >= 0.3 is 19.5 Å². The first-order chi connectivity index (χ1) is 4.91. The van der Waals surface area contributed by atoms with Gasteiger partial charge in [-0.25, -0.2) is 0 Å². The van der Waals surface area contributed by atoms with E-state index in [0.717, 1.165) is 0 Å². The zero-order valence-electron chi connectivity index (χ0n) is 5.88. The third-order valence-electron chi connectivity index (χ3n) is 0.167. The molecule has 0 aliphatic heterocycles. The normalized spacial score (nSPS) is 2.91. The van der Waals surface area contributed by atoms with Crippen LogP contribution < -0.4 is 0 Å². The van der Waals surface area contributed by atoms with E-state index in [0.29, 0.717) is 0 Å². The van der Waals surface area contributed by atoms with Crippen LogP contribution in [0.3, 0.4) is 0 Å². The maximum absolute atomic E-state index is 7.75. The second kappa shape index (κ2) is 484. The third kappa shape index (κ3) is 35900. The summed E-state index contributed by atoms with van der Waals surface area (Å²) in [4.78, 5) is 23.2. The SMILES string of the molecule is C=CC=C.[CH-]=O.[CH-]=O.[CH-]=O.[Ru+3]. The Bertz CT molecular complexity index is 56.0. The topological polar surface area (TPSA) is 51.2 Å². The molecule has 0 aromatic rings. The predicted octanol–water partition coefficient (Wildman–Crippen LogP) is 0.534. The summed E-state index contributed by atoms with van der Waals surface area (Å²) in [6, 6.07) is 0. The second-order valence-electron chi connectivity index (χ2n) is 0.471. The van der Waals surface area contributed by atoms with Crippen LogP contribution in [0.2, 0.25) is 0 Å². The maximum Gasteiger partial charge on any atom is 3.00 e. The third-order valence-corrected chi connectivity index (χ3v) is 0.167. The molecule has 4 heteroatoms. The van der Waals surface area contributed by atoms with Crippen molar-refractivity contribution in [3.05, 3.63) is 25.3 Å². The summed E-state index contributed by atoms with van der Waals surface area (Å²) in [7, 11) is 0. The standard InChI is InChI=1S/C4H6.3CHO.Ru/c1-3-4-2;3*1-2;/h3-4H,1-2H2;3*1H;/q;3*-1;+3. The Hall–Kier alpha value is -0.887. The van der Waals surface area contributed by atoms with Crippen LogP contribution in [0.25, 0.3) is 0 Å². The van der Waals surface area contributed by atoms with E-state index in [-0.39, 0.29) is 19.5 Å². The quantitative estimate of drug-likeness (QED) is 0.292. The minimum atomic E-state index is 0. The van der Waals surface area contributed by atoms with E-state index in [1.165, 1.54) is 0 Å². The minimum Gasteiger partial charge on any atom is -0.545 e. The molecule has 0 atom stereocenters. The Labute approximate surface area is 79.9 Å². The molecule has 0 aromatic carbocycles. The molecule has 0 unspecified atom stereocenters. The van der Waals surface area contributed by atoms with Crippen LogP contribution in [0.4, 0.5) is 0 Å². The van der Waals surface area contributed by atoms with E-state index < -0.39 is 0 Å². The van der Waals surface area contributed by atoms with E-state index in [1.807, 2.05) is 0 Å². The summed E-state index contributed by atoms with van der Waals surface area (Å²) in [5, 5.41) is 0. The van der Waals surface area contributed by atoms with Crippen LogP contribution in [0.15, 0.2) is 25.3 Å². The maximum atomic E-state index is 7.75. The van der Waals surface area contributed by atoms with Gasteiger partial charge in [0.15, 0.2) is 0 Å². The second-order valence-corrected chi connectivity index (χ2v) is 0.471. The molecule has 63 valence electrons. The smallest absolute Gasteiger partial charge is 0.545 e. The van der Waals surface area contributed by atoms with Crippen LogP contribution in [0.1, 0.15) is 0 Å². The fourth-order valence-corrected chi connectivity index (χ4v) is 0. The van der Waals surface area contributed by atoms with Crippen molar-refractivity contribution in [1.82, 2.24) is 0 Å². The summed E-state index contributed by atoms with van der Waals surface area (Å²) >= 11 is 0. The molecule has 11 heavy (non-hydrogen) atoms. The van der Waals surface area contributed by atoms with Gasteiger partial charge in [-0.15, -0.1) is 0 Å². The van der Waals surface area contributed by atoms with Gasteiger partial charge in [0.25, 0.3) is 0 Å². The number of allylic oxidation sites excluding steroid dienone is 2. The number of hydrogen-bond acceptors (Lipinski definition) is 3. The summed E-state index contributed by atoms with van der Waals surface area (Å²) in [5.41, 5.74) is 0. The van der Waals surface area contributed by atoms with Gasteiger partial charge in [-0.2, -0.15) is 0 Å². The van der Waals surface area contributed by atoms with Gasteiger partial charge in [-0.3, -0.25) is 20.4 Å². The summed E-state index contributed by atoms with van der Waals surface area (Å²) in [6.07, 6.45) is 3.28. The molecule has 0 bridgehead atoms. The van der Waals surface area contributed by atoms with Crippen molar-refractivity contribution >= 4 is 20.4 Å². The predicted molar refractivity (Wildman–Crippen MR) is 40.6 cm³/mol. The molecule has 0 fully saturated rings. The number of carbonyl (C=O) groups excluding carboxylic acids is 3. The van der Waals surface area contributed by atoms with Gasteiger partial charge in [-0.1, -0.05) is 25.3 Å². The number of hydrogen-bond donors (Lipinski definition) is 0.